The molecule has 5 heteroatoms. The highest BCUT2D eigenvalue weighted by Crippen LogP contribution is 2.44. The topological polar surface area (TPSA) is 36.1 Å². The molecule has 0 radical (unpaired) electrons. The lowest BCUT2D eigenvalue weighted by atomic mass is 9.72. The molecule has 0 aliphatic heterocycles. The number of thiophene rings is 2. The quantitative estimate of drug-likeness (QED) is 0.394. The van der Waals surface area contributed by atoms with E-state index < -0.39 is 0 Å². The molecular weight excluding hydrogens is 435 g/mol. The molecule has 0 fully saturated rings. The molecule has 2 aromatic heterocycles. The zero-order valence-electron chi connectivity index (χ0n) is 13.5. The molecule has 0 aromatic carbocycles. The van der Waals surface area contributed by atoms with Crippen molar-refractivity contribution in [2.24, 2.45) is 16.3 Å². The molecule has 1 aliphatic rings. The molecule has 0 unspecified atom stereocenters. The van der Waals surface area contributed by atoms with Crippen LogP contribution in [0.1, 0.15) is 48.1 Å². The fourth-order valence-corrected chi connectivity index (χ4v) is 5.80. The standard InChI is InChI=1S/C18H19IN2S2/c1-18(2,3)11-4-6-13-14(9-20)17(23-15(13)8-11)21-10-12-5-7-16(19)22-12/h5,7,10-11H,4,6,8H2,1-3H3/t11-/m0/s1. The van der Waals surface area contributed by atoms with Crippen molar-refractivity contribution < 1.29 is 0 Å². The Kier molecular flexibility index (Phi) is 4.96. The summed E-state index contributed by atoms with van der Waals surface area (Å²) >= 11 is 5.75. The van der Waals surface area contributed by atoms with Crippen LogP contribution in [0.15, 0.2) is 17.1 Å². The third kappa shape index (κ3) is 3.70. The van der Waals surface area contributed by atoms with Crippen molar-refractivity contribution in [3.63, 3.8) is 0 Å². The molecule has 120 valence electrons. The minimum atomic E-state index is 0.325. The summed E-state index contributed by atoms with van der Waals surface area (Å²) in [5, 5.41) is 10.5. The summed E-state index contributed by atoms with van der Waals surface area (Å²) < 4.78 is 1.25. The van der Waals surface area contributed by atoms with Gasteiger partial charge in [0.05, 0.1) is 8.45 Å². The molecule has 2 nitrogen and oxygen atoms in total. The fourth-order valence-electron chi connectivity index (χ4n) is 3.04. The van der Waals surface area contributed by atoms with Gasteiger partial charge in [-0.25, -0.2) is 4.99 Å². The molecule has 0 N–H and O–H groups in total. The second-order valence-electron chi connectivity index (χ2n) is 7.00. The van der Waals surface area contributed by atoms with Gasteiger partial charge in [-0.05, 0) is 70.9 Å². The van der Waals surface area contributed by atoms with Gasteiger partial charge in [-0.15, -0.1) is 22.7 Å². The zero-order valence-corrected chi connectivity index (χ0v) is 17.3. The fraction of sp³-hybridized carbons (Fsp3) is 0.444. The smallest absolute Gasteiger partial charge is 0.134 e. The van der Waals surface area contributed by atoms with E-state index >= 15 is 0 Å². The van der Waals surface area contributed by atoms with E-state index in [9.17, 15) is 5.26 Å². The number of aliphatic imine (C=N–C) groups is 1. The van der Waals surface area contributed by atoms with Crippen LogP contribution in [0.4, 0.5) is 5.00 Å². The Balaban J connectivity index is 1.90. The van der Waals surface area contributed by atoms with Gasteiger partial charge >= 0.3 is 0 Å². The van der Waals surface area contributed by atoms with E-state index in [0.29, 0.717) is 11.3 Å². The van der Waals surface area contributed by atoms with Gasteiger partial charge < -0.3 is 0 Å². The molecule has 2 heterocycles. The first-order chi connectivity index (χ1) is 10.9. The van der Waals surface area contributed by atoms with Crippen LogP contribution in [-0.2, 0) is 12.8 Å². The molecule has 3 rings (SSSR count). The van der Waals surface area contributed by atoms with Crippen molar-refractivity contribution in [3.05, 3.63) is 35.9 Å². The van der Waals surface area contributed by atoms with Crippen molar-refractivity contribution in [3.8, 4) is 6.07 Å². The molecule has 0 saturated carbocycles. The van der Waals surface area contributed by atoms with Crippen LogP contribution in [-0.4, -0.2) is 6.21 Å². The van der Waals surface area contributed by atoms with E-state index in [1.807, 2.05) is 6.21 Å². The number of halogens is 1. The highest BCUT2D eigenvalue weighted by atomic mass is 127. The number of rotatable bonds is 2. The lowest BCUT2D eigenvalue weighted by Gasteiger charge is -2.33. The third-order valence-corrected chi connectivity index (χ3v) is 7.48. The Morgan fingerprint density at radius 3 is 2.74 bits per heavy atom. The predicted molar refractivity (Wildman–Crippen MR) is 108 cm³/mol. The summed E-state index contributed by atoms with van der Waals surface area (Å²) in [6, 6.07) is 6.56. The molecule has 1 atom stereocenters. The number of nitrogens with zero attached hydrogens (tertiary/aromatic N) is 2. The van der Waals surface area contributed by atoms with Crippen molar-refractivity contribution >= 4 is 56.5 Å². The highest BCUT2D eigenvalue weighted by molar-refractivity contribution is 14.1. The Morgan fingerprint density at radius 1 is 1.35 bits per heavy atom. The van der Waals surface area contributed by atoms with Crippen molar-refractivity contribution in [1.82, 2.24) is 0 Å². The number of hydrogen-bond donors (Lipinski definition) is 0. The largest absolute Gasteiger partial charge is 0.243 e. The first-order valence-electron chi connectivity index (χ1n) is 7.72. The van der Waals surface area contributed by atoms with Gasteiger partial charge in [-0.1, -0.05) is 20.8 Å². The molecule has 0 amide bonds. The van der Waals surface area contributed by atoms with Gasteiger partial charge in [-0.2, -0.15) is 5.26 Å². The van der Waals surface area contributed by atoms with Gasteiger partial charge in [0.15, 0.2) is 0 Å². The zero-order chi connectivity index (χ0) is 16.6. The SMILES string of the molecule is CC(C)(C)[C@H]1CCc2c(sc(N=Cc3ccc(I)s3)c2C#N)C1. The highest BCUT2D eigenvalue weighted by Gasteiger charge is 2.32. The molecule has 0 spiro atoms. The Hall–Kier alpha value is -0.710. The molecule has 0 bridgehead atoms. The minimum Gasteiger partial charge on any atom is -0.243 e. The molecule has 0 saturated heterocycles. The third-order valence-electron chi connectivity index (χ3n) is 4.49. The lowest BCUT2D eigenvalue weighted by molar-refractivity contribution is 0.218. The van der Waals surface area contributed by atoms with E-state index in [2.05, 4.69) is 66.6 Å². The van der Waals surface area contributed by atoms with Crippen molar-refractivity contribution in [2.75, 3.05) is 0 Å². The van der Waals surface area contributed by atoms with E-state index in [1.165, 1.54) is 19.7 Å². The summed E-state index contributed by atoms with van der Waals surface area (Å²) in [5.41, 5.74) is 2.39. The Morgan fingerprint density at radius 2 is 2.13 bits per heavy atom. The van der Waals surface area contributed by atoms with Gasteiger partial charge in [-0.3, -0.25) is 0 Å². The molecule has 23 heavy (non-hydrogen) atoms. The van der Waals surface area contributed by atoms with E-state index in [4.69, 9.17) is 0 Å². The van der Waals surface area contributed by atoms with E-state index in [0.717, 1.165) is 28.3 Å². The van der Waals surface area contributed by atoms with Crippen LogP contribution in [0.3, 0.4) is 0 Å². The monoisotopic (exact) mass is 454 g/mol. The average molecular weight is 454 g/mol. The summed E-state index contributed by atoms with van der Waals surface area (Å²) in [4.78, 5) is 7.14. The summed E-state index contributed by atoms with van der Waals surface area (Å²) in [6.45, 7) is 6.96. The Labute approximate surface area is 159 Å². The number of nitriles is 1. The second-order valence-corrected chi connectivity index (χ2v) is 11.1. The van der Waals surface area contributed by atoms with Crippen LogP contribution in [0, 0.1) is 25.5 Å². The lowest BCUT2D eigenvalue weighted by Crippen LogP contribution is -2.26. The molecule has 1 aliphatic carbocycles. The van der Waals surface area contributed by atoms with Crippen LogP contribution >= 0.6 is 45.3 Å². The minimum absolute atomic E-state index is 0.325. The van der Waals surface area contributed by atoms with Gasteiger partial charge in [0.2, 0.25) is 0 Å². The van der Waals surface area contributed by atoms with Crippen molar-refractivity contribution in [2.45, 2.75) is 40.0 Å². The van der Waals surface area contributed by atoms with E-state index in [-0.39, 0.29) is 0 Å². The maximum absolute atomic E-state index is 9.57. The maximum atomic E-state index is 9.57. The average Bonchev–Trinajstić information content (AvgIpc) is 3.06. The molecular formula is C18H19IN2S2. The maximum Gasteiger partial charge on any atom is 0.134 e. The predicted octanol–water partition coefficient (Wildman–Crippen LogP) is 6.19. The Bertz CT molecular complexity index is 787. The second kappa shape index (κ2) is 6.66. The van der Waals surface area contributed by atoms with Crippen LogP contribution in [0.5, 0.6) is 0 Å². The van der Waals surface area contributed by atoms with Gasteiger partial charge in [0.1, 0.15) is 11.1 Å². The van der Waals surface area contributed by atoms with Gasteiger partial charge in [0, 0.05) is 16.0 Å². The van der Waals surface area contributed by atoms with Gasteiger partial charge in [0.25, 0.3) is 0 Å². The summed E-state index contributed by atoms with van der Waals surface area (Å²) in [7, 11) is 0. The summed E-state index contributed by atoms with van der Waals surface area (Å²) in [6.07, 6.45) is 5.17. The van der Waals surface area contributed by atoms with Crippen molar-refractivity contribution in [1.29, 1.82) is 5.26 Å². The van der Waals surface area contributed by atoms with Crippen LogP contribution in [0.2, 0.25) is 0 Å². The summed E-state index contributed by atoms with van der Waals surface area (Å²) in [5.74, 6) is 0.691. The van der Waals surface area contributed by atoms with Crippen LogP contribution < -0.4 is 0 Å². The normalized spacial score (nSPS) is 18.1. The molecule has 2 aromatic rings. The first kappa shape index (κ1) is 17.1. The first-order valence-corrected chi connectivity index (χ1v) is 10.4. The number of fused-ring (bicyclic) bond motifs is 1. The van der Waals surface area contributed by atoms with Crippen LogP contribution in [0.25, 0.3) is 0 Å². The number of hydrogen-bond acceptors (Lipinski definition) is 4. The van der Waals surface area contributed by atoms with E-state index in [1.54, 1.807) is 22.7 Å².